The second-order valence-corrected chi connectivity index (χ2v) is 7.47. The number of piperidine rings is 1. The number of H-pyrrole nitrogens is 1. The minimum atomic E-state index is -0.339. The lowest BCUT2D eigenvalue weighted by Gasteiger charge is -2.32. The van der Waals surface area contributed by atoms with E-state index in [1.165, 1.54) is 6.07 Å². The zero-order valence-corrected chi connectivity index (χ0v) is 16.9. The first-order valence-electron chi connectivity index (χ1n) is 10.1. The van der Waals surface area contributed by atoms with Gasteiger partial charge < -0.3 is 15.0 Å². The van der Waals surface area contributed by atoms with Gasteiger partial charge in [0.05, 0.1) is 19.2 Å². The normalized spacial score (nSPS) is 14.5. The molecule has 3 aromatic rings. The predicted molar refractivity (Wildman–Crippen MR) is 114 cm³/mol. The molecule has 0 unspecified atom stereocenters. The highest BCUT2D eigenvalue weighted by molar-refractivity contribution is 5.79. The van der Waals surface area contributed by atoms with Gasteiger partial charge in [0.1, 0.15) is 11.6 Å². The number of anilines is 1. The number of amides is 1. The van der Waals surface area contributed by atoms with Crippen LogP contribution in [0.2, 0.25) is 0 Å². The molecule has 0 atom stereocenters. The van der Waals surface area contributed by atoms with Gasteiger partial charge in [0.15, 0.2) is 5.82 Å². The van der Waals surface area contributed by atoms with Gasteiger partial charge in [-0.05, 0) is 54.3 Å². The molecule has 0 bridgehead atoms. The summed E-state index contributed by atoms with van der Waals surface area (Å²) in [4.78, 5) is 14.5. The van der Waals surface area contributed by atoms with E-state index >= 15 is 0 Å². The van der Waals surface area contributed by atoms with Crippen LogP contribution in [0.15, 0.2) is 54.6 Å². The number of nitrogens with zero attached hydrogens (tertiary/aromatic N) is 2. The van der Waals surface area contributed by atoms with Crippen LogP contribution in [0, 0.1) is 5.82 Å². The Balaban J connectivity index is 1.30. The Bertz CT molecular complexity index is 994. The van der Waals surface area contributed by atoms with Crippen molar-refractivity contribution in [3.05, 3.63) is 66.0 Å². The Hall–Kier alpha value is -3.35. The van der Waals surface area contributed by atoms with Crippen LogP contribution in [0.3, 0.4) is 0 Å². The summed E-state index contributed by atoms with van der Waals surface area (Å²) in [6.45, 7) is 1.61. The third-order valence-corrected chi connectivity index (χ3v) is 5.46. The van der Waals surface area contributed by atoms with E-state index in [4.69, 9.17) is 4.74 Å². The molecule has 1 aliphatic heterocycles. The minimum Gasteiger partial charge on any atom is -0.497 e. The van der Waals surface area contributed by atoms with Gasteiger partial charge in [-0.3, -0.25) is 9.89 Å². The van der Waals surface area contributed by atoms with Crippen LogP contribution in [0.5, 0.6) is 5.75 Å². The quantitative estimate of drug-likeness (QED) is 0.654. The molecular weight excluding hydrogens is 383 g/mol. The molecule has 7 heteroatoms. The molecule has 0 spiro atoms. The summed E-state index contributed by atoms with van der Waals surface area (Å²) in [5.74, 6) is 1.24. The van der Waals surface area contributed by atoms with Crippen molar-refractivity contribution in [2.45, 2.75) is 25.3 Å². The minimum absolute atomic E-state index is 0.0669. The molecule has 2 N–H and O–H groups in total. The lowest BCUT2D eigenvalue weighted by molar-refractivity contribution is -0.121. The SMILES string of the molecule is COc1ccc(-c2cc(N3CCC(NC(=O)Cc4ccccc4F)CC3)n[nH]2)cc1. The molecule has 1 amide bonds. The van der Waals surface area contributed by atoms with Crippen LogP contribution in [0.25, 0.3) is 11.3 Å². The number of hydrogen-bond acceptors (Lipinski definition) is 4. The molecule has 156 valence electrons. The lowest BCUT2D eigenvalue weighted by Crippen LogP contribution is -2.45. The maximum Gasteiger partial charge on any atom is 0.224 e. The van der Waals surface area contributed by atoms with E-state index in [0.29, 0.717) is 5.56 Å². The van der Waals surface area contributed by atoms with Crippen LogP contribution in [-0.2, 0) is 11.2 Å². The second-order valence-electron chi connectivity index (χ2n) is 7.47. The molecule has 6 nitrogen and oxygen atoms in total. The number of carbonyl (C=O) groups excluding carboxylic acids is 1. The summed E-state index contributed by atoms with van der Waals surface area (Å²) >= 11 is 0. The molecule has 1 aromatic heterocycles. The molecule has 0 radical (unpaired) electrons. The smallest absolute Gasteiger partial charge is 0.224 e. The van der Waals surface area contributed by atoms with Gasteiger partial charge in [0.2, 0.25) is 5.91 Å². The van der Waals surface area contributed by atoms with E-state index in [1.807, 2.05) is 30.3 Å². The van der Waals surface area contributed by atoms with Crippen molar-refractivity contribution in [3.8, 4) is 17.0 Å². The molecule has 2 heterocycles. The zero-order valence-electron chi connectivity index (χ0n) is 16.9. The number of benzene rings is 2. The number of carbonyl (C=O) groups is 1. The van der Waals surface area contributed by atoms with Crippen LogP contribution in [-0.4, -0.2) is 42.3 Å². The van der Waals surface area contributed by atoms with Gasteiger partial charge >= 0.3 is 0 Å². The number of methoxy groups -OCH3 is 1. The van der Waals surface area contributed by atoms with E-state index in [9.17, 15) is 9.18 Å². The number of rotatable bonds is 6. The van der Waals surface area contributed by atoms with Gasteiger partial charge in [-0.15, -0.1) is 0 Å². The first-order chi connectivity index (χ1) is 14.6. The Kier molecular flexibility index (Phi) is 5.97. The van der Waals surface area contributed by atoms with Crippen molar-refractivity contribution in [2.24, 2.45) is 0 Å². The average Bonchev–Trinajstić information content (AvgIpc) is 3.26. The molecule has 0 saturated carbocycles. The molecule has 1 saturated heterocycles. The van der Waals surface area contributed by atoms with Crippen molar-refractivity contribution < 1.29 is 13.9 Å². The first-order valence-corrected chi connectivity index (χ1v) is 10.1. The highest BCUT2D eigenvalue weighted by atomic mass is 19.1. The maximum absolute atomic E-state index is 13.7. The molecule has 4 rings (SSSR count). The van der Waals surface area contributed by atoms with Crippen LogP contribution >= 0.6 is 0 Å². The van der Waals surface area contributed by atoms with Gasteiger partial charge in [0, 0.05) is 25.2 Å². The molecule has 1 aliphatic rings. The fraction of sp³-hybridized carbons (Fsp3) is 0.304. The number of hydrogen-bond donors (Lipinski definition) is 2. The van der Waals surface area contributed by atoms with Crippen LogP contribution in [0.4, 0.5) is 10.2 Å². The van der Waals surface area contributed by atoms with E-state index in [2.05, 4.69) is 20.4 Å². The molecule has 2 aromatic carbocycles. The lowest BCUT2D eigenvalue weighted by atomic mass is 10.0. The molecule has 1 fully saturated rings. The monoisotopic (exact) mass is 408 g/mol. The van der Waals surface area contributed by atoms with Crippen molar-refractivity contribution in [3.63, 3.8) is 0 Å². The number of nitrogens with one attached hydrogen (secondary N) is 2. The topological polar surface area (TPSA) is 70.2 Å². The number of halogens is 1. The van der Waals surface area contributed by atoms with Gasteiger partial charge in [-0.1, -0.05) is 18.2 Å². The maximum atomic E-state index is 13.7. The fourth-order valence-corrected chi connectivity index (χ4v) is 3.74. The molecule has 0 aliphatic carbocycles. The van der Waals surface area contributed by atoms with Crippen molar-refractivity contribution in [2.75, 3.05) is 25.1 Å². The third-order valence-electron chi connectivity index (χ3n) is 5.46. The van der Waals surface area contributed by atoms with E-state index in [1.54, 1.807) is 25.3 Å². The van der Waals surface area contributed by atoms with Crippen molar-refractivity contribution in [1.29, 1.82) is 0 Å². The standard InChI is InChI=1S/C23H25FN4O2/c1-30-19-8-6-16(7-9-19)21-15-22(27-26-21)28-12-10-18(11-13-28)25-23(29)14-17-4-2-3-5-20(17)24/h2-9,15,18H,10-14H2,1H3,(H,25,29)(H,26,27). The summed E-state index contributed by atoms with van der Waals surface area (Å²) in [5, 5.41) is 10.6. The summed E-state index contributed by atoms with van der Waals surface area (Å²) < 4.78 is 18.9. The highest BCUT2D eigenvalue weighted by Crippen LogP contribution is 2.25. The van der Waals surface area contributed by atoms with E-state index in [-0.39, 0.29) is 24.2 Å². The van der Waals surface area contributed by atoms with Gasteiger partial charge in [-0.2, -0.15) is 5.10 Å². The number of aromatic nitrogens is 2. The van der Waals surface area contributed by atoms with Crippen LogP contribution in [0.1, 0.15) is 18.4 Å². The van der Waals surface area contributed by atoms with E-state index in [0.717, 1.165) is 48.8 Å². The highest BCUT2D eigenvalue weighted by Gasteiger charge is 2.22. The second kappa shape index (κ2) is 8.98. The van der Waals surface area contributed by atoms with Gasteiger partial charge in [-0.25, -0.2) is 4.39 Å². The summed E-state index contributed by atoms with van der Waals surface area (Å²) in [6, 6.07) is 16.4. The first kappa shape index (κ1) is 19.9. The van der Waals surface area contributed by atoms with Crippen molar-refractivity contribution in [1.82, 2.24) is 15.5 Å². The summed E-state index contributed by atoms with van der Waals surface area (Å²) in [7, 11) is 1.65. The third kappa shape index (κ3) is 4.62. The van der Waals surface area contributed by atoms with E-state index < -0.39 is 0 Å². The summed E-state index contributed by atoms with van der Waals surface area (Å²) in [6.07, 6.45) is 1.72. The van der Waals surface area contributed by atoms with Crippen molar-refractivity contribution >= 4 is 11.7 Å². The summed E-state index contributed by atoms with van der Waals surface area (Å²) in [5.41, 5.74) is 2.42. The Morgan fingerprint density at radius 1 is 1.20 bits per heavy atom. The largest absolute Gasteiger partial charge is 0.497 e. The number of aromatic amines is 1. The average molecular weight is 408 g/mol. The molecule has 30 heavy (non-hydrogen) atoms. The molecular formula is C23H25FN4O2. The Morgan fingerprint density at radius 3 is 2.63 bits per heavy atom. The number of ether oxygens (including phenoxy) is 1. The fourth-order valence-electron chi connectivity index (χ4n) is 3.74. The Labute approximate surface area is 175 Å². The van der Waals surface area contributed by atoms with Crippen LogP contribution < -0.4 is 15.0 Å². The predicted octanol–water partition coefficient (Wildman–Crippen LogP) is 3.55. The zero-order chi connectivity index (χ0) is 20.9. The Morgan fingerprint density at radius 2 is 1.93 bits per heavy atom. The van der Waals surface area contributed by atoms with Gasteiger partial charge in [0.25, 0.3) is 0 Å².